The highest BCUT2D eigenvalue weighted by atomic mass is 19.1. The van der Waals surface area contributed by atoms with Gasteiger partial charge >= 0.3 is 0 Å². The molecule has 0 radical (unpaired) electrons. The molecule has 0 aliphatic carbocycles. The maximum atomic E-state index is 13.2. The summed E-state index contributed by atoms with van der Waals surface area (Å²) < 4.78 is 18.8. The summed E-state index contributed by atoms with van der Waals surface area (Å²) >= 11 is 0. The molecular formula is C16H18FNO2. The number of anilines is 1. The van der Waals surface area contributed by atoms with E-state index >= 15 is 0 Å². The SMILES string of the molecule is CCCOc1cccc(NCc2cccc(F)c2O)c1. The van der Waals surface area contributed by atoms with Gasteiger partial charge in [0.2, 0.25) is 0 Å². The van der Waals surface area contributed by atoms with Crippen molar-refractivity contribution in [3.8, 4) is 11.5 Å². The summed E-state index contributed by atoms with van der Waals surface area (Å²) in [7, 11) is 0. The molecular weight excluding hydrogens is 257 g/mol. The smallest absolute Gasteiger partial charge is 0.165 e. The molecule has 0 heterocycles. The number of ether oxygens (including phenoxy) is 1. The topological polar surface area (TPSA) is 41.5 Å². The van der Waals surface area contributed by atoms with Crippen LogP contribution in [0.3, 0.4) is 0 Å². The van der Waals surface area contributed by atoms with Gasteiger partial charge in [0, 0.05) is 23.9 Å². The molecule has 4 heteroatoms. The molecule has 0 aliphatic heterocycles. The first-order valence-electron chi connectivity index (χ1n) is 6.63. The van der Waals surface area contributed by atoms with E-state index in [9.17, 15) is 9.50 Å². The van der Waals surface area contributed by atoms with E-state index in [4.69, 9.17) is 4.74 Å². The fourth-order valence-electron chi connectivity index (χ4n) is 1.82. The van der Waals surface area contributed by atoms with Crippen molar-refractivity contribution in [3.63, 3.8) is 0 Å². The van der Waals surface area contributed by atoms with Crippen molar-refractivity contribution in [2.75, 3.05) is 11.9 Å². The lowest BCUT2D eigenvalue weighted by Gasteiger charge is -2.10. The van der Waals surface area contributed by atoms with Crippen LogP contribution in [0.15, 0.2) is 42.5 Å². The Morgan fingerprint density at radius 1 is 1.20 bits per heavy atom. The zero-order valence-electron chi connectivity index (χ0n) is 11.4. The monoisotopic (exact) mass is 275 g/mol. The summed E-state index contributed by atoms with van der Waals surface area (Å²) in [5.74, 6) is -0.122. The number of rotatable bonds is 6. The van der Waals surface area contributed by atoms with Gasteiger partial charge in [0.05, 0.1) is 6.61 Å². The second-order valence-corrected chi connectivity index (χ2v) is 4.48. The van der Waals surface area contributed by atoms with Gasteiger partial charge < -0.3 is 15.2 Å². The average molecular weight is 275 g/mol. The fraction of sp³-hybridized carbons (Fsp3) is 0.250. The molecule has 2 aromatic rings. The molecule has 2 N–H and O–H groups in total. The van der Waals surface area contributed by atoms with Crippen LogP contribution in [-0.2, 0) is 6.54 Å². The van der Waals surface area contributed by atoms with Crippen LogP contribution >= 0.6 is 0 Å². The average Bonchev–Trinajstić information content (AvgIpc) is 2.47. The Labute approximate surface area is 118 Å². The highest BCUT2D eigenvalue weighted by Crippen LogP contribution is 2.23. The van der Waals surface area contributed by atoms with Crippen molar-refractivity contribution in [3.05, 3.63) is 53.8 Å². The molecule has 106 valence electrons. The Morgan fingerprint density at radius 2 is 2.00 bits per heavy atom. The third-order valence-electron chi connectivity index (χ3n) is 2.86. The highest BCUT2D eigenvalue weighted by Gasteiger charge is 2.06. The number of hydrogen-bond donors (Lipinski definition) is 2. The van der Waals surface area contributed by atoms with Crippen LogP contribution in [0.4, 0.5) is 10.1 Å². The Morgan fingerprint density at radius 3 is 2.80 bits per heavy atom. The van der Waals surface area contributed by atoms with Gasteiger partial charge in [-0.05, 0) is 24.6 Å². The predicted molar refractivity (Wildman–Crippen MR) is 77.6 cm³/mol. The largest absolute Gasteiger partial charge is 0.505 e. The second kappa shape index (κ2) is 6.80. The minimum absolute atomic E-state index is 0.307. The van der Waals surface area contributed by atoms with Gasteiger partial charge in [-0.2, -0.15) is 0 Å². The summed E-state index contributed by atoms with van der Waals surface area (Å²) in [6, 6.07) is 12.0. The van der Waals surface area contributed by atoms with Gasteiger partial charge in [-0.15, -0.1) is 0 Å². The van der Waals surface area contributed by atoms with E-state index in [1.165, 1.54) is 6.07 Å². The number of nitrogens with one attached hydrogen (secondary N) is 1. The van der Waals surface area contributed by atoms with Crippen LogP contribution in [0.2, 0.25) is 0 Å². The lowest BCUT2D eigenvalue weighted by atomic mass is 10.2. The van der Waals surface area contributed by atoms with Gasteiger partial charge in [0.25, 0.3) is 0 Å². The van der Waals surface area contributed by atoms with Crippen molar-refractivity contribution < 1.29 is 14.2 Å². The van der Waals surface area contributed by atoms with E-state index in [2.05, 4.69) is 12.2 Å². The van der Waals surface area contributed by atoms with Gasteiger partial charge in [-0.1, -0.05) is 25.1 Å². The van der Waals surface area contributed by atoms with E-state index in [0.717, 1.165) is 17.9 Å². The van der Waals surface area contributed by atoms with Gasteiger partial charge in [0.15, 0.2) is 11.6 Å². The van der Waals surface area contributed by atoms with E-state index in [1.54, 1.807) is 12.1 Å². The minimum Gasteiger partial charge on any atom is -0.505 e. The fourth-order valence-corrected chi connectivity index (χ4v) is 1.82. The molecule has 0 unspecified atom stereocenters. The molecule has 0 atom stereocenters. The Kier molecular flexibility index (Phi) is 4.82. The lowest BCUT2D eigenvalue weighted by molar-refractivity contribution is 0.317. The van der Waals surface area contributed by atoms with Crippen LogP contribution in [0.5, 0.6) is 11.5 Å². The summed E-state index contributed by atoms with van der Waals surface area (Å²) in [5, 5.41) is 12.7. The van der Waals surface area contributed by atoms with E-state index in [1.807, 2.05) is 24.3 Å². The number of halogens is 1. The highest BCUT2D eigenvalue weighted by molar-refractivity contribution is 5.49. The van der Waals surface area contributed by atoms with Gasteiger partial charge in [-0.3, -0.25) is 0 Å². The predicted octanol–water partition coefficient (Wildman–Crippen LogP) is 3.93. The first-order valence-corrected chi connectivity index (χ1v) is 6.63. The first-order chi connectivity index (χ1) is 9.70. The third-order valence-corrected chi connectivity index (χ3v) is 2.86. The number of benzene rings is 2. The van der Waals surface area contributed by atoms with E-state index in [0.29, 0.717) is 18.7 Å². The number of phenols is 1. The molecule has 0 saturated carbocycles. The van der Waals surface area contributed by atoms with Crippen molar-refractivity contribution in [2.24, 2.45) is 0 Å². The third kappa shape index (κ3) is 3.63. The molecule has 2 aromatic carbocycles. The summed E-state index contributed by atoms with van der Waals surface area (Å²) in [5.41, 5.74) is 1.38. The van der Waals surface area contributed by atoms with E-state index in [-0.39, 0.29) is 5.75 Å². The zero-order chi connectivity index (χ0) is 14.4. The second-order valence-electron chi connectivity index (χ2n) is 4.48. The number of aromatic hydroxyl groups is 1. The summed E-state index contributed by atoms with van der Waals surface area (Å²) in [6.07, 6.45) is 0.953. The van der Waals surface area contributed by atoms with Crippen molar-refractivity contribution in [1.82, 2.24) is 0 Å². The minimum atomic E-state index is -0.607. The molecule has 0 aliphatic rings. The van der Waals surface area contributed by atoms with Gasteiger partial charge in [0.1, 0.15) is 5.75 Å². The van der Waals surface area contributed by atoms with Crippen molar-refractivity contribution in [2.45, 2.75) is 19.9 Å². The van der Waals surface area contributed by atoms with Crippen LogP contribution in [0.1, 0.15) is 18.9 Å². The van der Waals surface area contributed by atoms with Crippen molar-refractivity contribution >= 4 is 5.69 Å². The molecule has 2 rings (SSSR count). The molecule has 3 nitrogen and oxygen atoms in total. The molecule has 0 aromatic heterocycles. The molecule has 0 fully saturated rings. The maximum Gasteiger partial charge on any atom is 0.165 e. The summed E-state index contributed by atoms with van der Waals surface area (Å²) in [4.78, 5) is 0. The Bertz CT molecular complexity index is 572. The maximum absolute atomic E-state index is 13.2. The molecule has 0 spiro atoms. The van der Waals surface area contributed by atoms with Gasteiger partial charge in [-0.25, -0.2) is 4.39 Å². The molecule has 0 saturated heterocycles. The molecule has 20 heavy (non-hydrogen) atoms. The van der Waals surface area contributed by atoms with Crippen molar-refractivity contribution in [1.29, 1.82) is 0 Å². The number of phenolic OH excluding ortho intramolecular Hbond substituents is 1. The standard InChI is InChI=1S/C16H18FNO2/c1-2-9-20-14-7-4-6-13(10-14)18-11-12-5-3-8-15(17)16(12)19/h3-8,10,18-19H,2,9,11H2,1H3. The first kappa shape index (κ1) is 14.2. The van der Waals surface area contributed by atoms with Crippen LogP contribution in [0, 0.1) is 5.82 Å². The summed E-state index contributed by atoms with van der Waals surface area (Å²) in [6.45, 7) is 3.07. The van der Waals surface area contributed by atoms with Crippen LogP contribution < -0.4 is 10.1 Å². The quantitative estimate of drug-likeness (QED) is 0.839. The van der Waals surface area contributed by atoms with Crippen LogP contribution in [-0.4, -0.2) is 11.7 Å². The number of hydrogen-bond acceptors (Lipinski definition) is 3. The molecule has 0 bridgehead atoms. The number of para-hydroxylation sites is 1. The Hall–Kier alpha value is -2.23. The Balaban J connectivity index is 2.01. The lowest BCUT2D eigenvalue weighted by Crippen LogP contribution is -2.01. The van der Waals surface area contributed by atoms with E-state index < -0.39 is 5.82 Å². The van der Waals surface area contributed by atoms with Crippen LogP contribution in [0.25, 0.3) is 0 Å². The molecule has 0 amide bonds. The normalized spacial score (nSPS) is 10.3. The zero-order valence-corrected chi connectivity index (χ0v) is 11.4.